The number of carbonyl (C=O) groups is 4. The minimum absolute atomic E-state index is 0.0968. The van der Waals surface area contributed by atoms with Crippen LogP contribution in [0.4, 0.5) is 0 Å². The van der Waals surface area contributed by atoms with Crippen LogP contribution in [0.2, 0.25) is 0 Å². The van der Waals surface area contributed by atoms with Gasteiger partial charge in [0.25, 0.3) is 0 Å². The lowest BCUT2D eigenvalue weighted by Gasteiger charge is -2.27. The first-order valence-electron chi connectivity index (χ1n) is 34.1. The second-order valence-corrected chi connectivity index (χ2v) is 23.1. The molecule has 0 aromatic rings. The van der Waals surface area contributed by atoms with Crippen LogP contribution in [0.25, 0.3) is 0 Å². The predicted molar refractivity (Wildman–Crippen MR) is 329 cm³/mol. The third-order valence-electron chi connectivity index (χ3n) is 15.5. The van der Waals surface area contributed by atoms with E-state index in [-0.39, 0.29) is 23.9 Å². The molecule has 0 saturated carbocycles. The van der Waals surface area contributed by atoms with E-state index in [4.69, 9.17) is 18.9 Å². The molecule has 0 rings (SSSR count). The summed E-state index contributed by atoms with van der Waals surface area (Å²) in [6, 6.07) is 0. The van der Waals surface area contributed by atoms with Gasteiger partial charge >= 0.3 is 23.9 Å². The molecule has 1 N–H and O–H groups in total. The molecule has 11 nitrogen and oxygen atoms in total. The van der Waals surface area contributed by atoms with Crippen molar-refractivity contribution < 1.29 is 38.1 Å². The van der Waals surface area contributed by atoms with Crippen molar-refractivity contribution in [3.63, 3.8) is 0 Å². The van der Waals surface area contributed by atoms with Gasteiger partial charge in [-0.05, 0) is 45.1 Å². The van der Waals surface area contributed by atoms with Gasteiger partial charge in [-0.15, -0.1) is 0 Å². The SMILES string of the molecule is CCCCCCCCCCCCOC(=O)CCCCCN(CCC(=O)OCCCCCCCCCCCC)CCN(CCNCCC(=O)OCCCCCCCCCCCC)CCC(=O)OCCCCCCCCCCCC. The maximum absolute atomic E-state index is 13.0. The summed E-state index contributed by atoms with van der Waals surface area (Å²) in [6.45, 7) is 16.4. The molecule has 0 bridgehead atoms. The van der Waals surface area contributed by atoms with Crippen LogP contribution < -0.4 is 5.32 Å². The molecular formula is C67H131N3O8. The van der Waals surface area contributed by atoms with Crippen LogP contribution in [0.3, 0.4) is 0 Å². The number of ether oxygens (including phenoxy) is 4. The topological polar surface area (TPSA) is 124 Å². The summed E-state index contributed by atoms with van der Waals surface area (Å²) in [5.41, 5.74) is 0. The van der Waals surface area contributed by atoms with Gasteiger partial charge in [0.05, 0.1) is 45.7 Å². The molecule has 11 heteroatoms. The van der Waals surface area contributed by atoms with E-state index in [1.165, 1.54) is 205 Å². The molecule has 0 aliphatic heterocycles. The smallest absolute Gasteiger partial charge is 0.307 e. The highest BCUT2D eigenvalue weighted by Gasteiger charge is 2.15. The van der Waals surface area contributed by atoms with Gasteiger partial charge in [0.2, 0.25) is 0 Å². The minimum Gasteiger partial charge on any atom is -0.466 e. The molecule has 0 radical (unpaired) electrons. The molecule has 0 aliphatic carbocycles. The van der Waals surface area contributed by atoms with Crippen LogP contribution in [0.1, 0.15) is 329 Å². The van der Waals surface area contributed by atoms with Crippen molar-refractivity contribution in [1.82, 2.24) is 15.1 Å². The summed E-state index contributed by atoms with van der Waals surface area (Å²) in [5.74, 6) is -0.549. The van der Waals surface area contributed by atoms with E-state index < -0.39 is 0 Å². The van der Waals surface area contributed by atoms with Crippen molar-refractivity contribution in [2.75, 3.05) is 78.8 Å². The number of carbonyl (C=O) groups excluding carboxylic acids is 4. The fraction of sp³-hybridized carbons (Fsp3) is 0.940. The number of nitrogens with zero attached hydrogens (tertiary/aromatic N) is 2. The minimum atomic E-state index is -0.155. The Labute approximate surface area is 483 Å². The van der Waals surface area contributed by atoms with E-state index in [2.05, 4.69) is 42.8 Å². The Hall–Kier alpha value is -2.24. The second kappa shape index (κ2) is 63.9. The van der Waals surface area contributed by atoms with E-state index in [9.17, 15) is 19.2 Å². The molecule has 0 atom stereocenters. The van der Waals surface area contributed by atoms with Crippen LogP contribution in [0, 0.1) is 0 Å². The molecular weight excluding hydrogens is 975 g/mol. The zero-order valence-corrected chi connectivity index (χ0v) is 52.4. The van der Waals surface area contributed by atoms with Gasteiger partial charge in [-0.3, -0.25) is 19.2 Å². The normalized spacial score (nSPS) is 11.5. The Morgan fingerprint density at radius 1 is 0.244 bits per heavy atom. The maximum atomic E-state index is 13.0. The van der Waals surface area contributed by atoms with Crippen molar-refractivity contribution in [1.29, 1.82) is 0 Å². The highest BCUT2D eigenvalue weighted by molar-refractivity contribution is 5.70. The zero-order chi connectivity index (χ0) is 56.7. The molecule has 78 heavy (non-hydrogen) atoms. The first kappa shape index (κ1) is 75.8. The molecule has 0 aromatic carbocycles. The Kier molecular flexibility index (Phi) is 62.1. The second-order valence-electron chi connectivity index (χ2n) is 23.1. The van der Waals surface area contributed by atoms with E-state index >= 15 is 0 Å². The molecule has 462 valence electrons. The molecule has 0 saturated heterocycles. The lowest BCUT2D eigenvalue weighted by Crippen LogP contribution is -2.40. The number of hydrogen-bond acceptors (Lipinski definition) is 11. The Bertz CT molecular complexity index is 1180. The van der Waals surface area contributed by atoms with Crippen LogP contribution in [-0.4, -0.2) is 112 Å². The fourth-order valence-electron chi connectivity index (χ4n) is 10.2. The number of rotatable bonds is 65. The third kappa shape index (κ3) is 59.9. The van der Waals surface area contributed by atoms with Crippen molar-refractivity contribution in [2.24, 2.45) is 0 Å². The van der Waals surface area contributed by atoms with E-state index in [1.54, 1.807) is 0 Å². The van der Waals surface area contributed by atoms with E-state index in [1.807, 2.05) is 0 Å². The van der Waals surface area contributed by atoms with Gasteiger partial charge in [-0.1, -0.05) is 265 Å². The number of unbranched alkanes of at least 4 members (excludes halogenated alkanes) is 38. The zero-order valence-electron chi connectivity index (χ0n) is 52.4. The highest BCUT2D eigenvalue weighted by atomic mass is 16.5. The van der Waals surface area contributed by atoms with Crippen molar-refractivity contribution in [3.8, 4) is 0 Å². The molecule has 0 spiro atoms. The van der Waals surface area contributed by atoms with Crippen LogP contribution in [-0.2, 0) is 38.1 Å². The number of nitrogens with one attached hydrogen (secondary N) is 1. The highest BCUT2D eigenvalue weighted by Crippen LogP contribution is 2.15. The largest absolute Gasteiger partial charge is 0.466 e. The van der Waals surface area contributed by atoms with Crippen LogP contribution in [0.15, 0.2) is 0 Å². The molecule has 0 amide bonds. The number of hydrogen-bond donors (Lipinski definition) is 1. The number of esters is 4. The lowest BCUT2D eigenvalue weighted by atomic mass is 10.1. The van der Waals surface area contributed by atoms with Gasteiger partial charge in [0.15, 0.2) is 0 Å². The third-order valence-corrected chi connectivity index (χ3v) is 15.5. The summed E-state index contributed by atoms with van der Waals surface area (Å²) < 4.78 is 22.6. The summed E-state index contributed by atoms with van der Waals surface area (Å²) in [6.07, 6.45) is 54.0. The summed E-state index contributed by atoms with van der Waals surface area (Å²) in [5, 5.41) is 3.45. The molecule has 0 fully saturated rings. The summed E-state index contributed by atoms with van der Waals surface area (Å²) in [7, 11) is 0. The quantitative estimate of drug-likeness (QED) is 0.0356. The molecule has 0 heterocycles. The summed E-state index contributed by atoms with van der Waals surface area (Å²) >= 11 is 0. The molecule has 0 aliphatic rings. The van der Waals surface area contributed by atoms with Crippen molar-refractivity contribution >= 4 is 23.9 Å². The lowest BCUT2D eigenvalue weighted by molar-refractivity contribution is -0.145. The average Bonchev–Trinajstić information content (AvgIpc) is 3.43. The van der Waals surface area contributed by atoms with Gasteiger partial charge in [0.1, 0.15) is 0 Å². The molecule has 0 unspecified atom stereocenters. The monoisotopic (exact) mass is 1110 g/mol. The van der Waals surface area contributed by atoms with E-state index in [0.29, 0.717) is 78.3 Å². The Morgan fingerprint density at radius 2 is 0.500 bits per heavy atom. The first-order chi connectivity index (χ1) is 38.4. The van der Waals surface area contributed by atoms with Crippen LogP contribution in [0.5, 0.6) is 0 Å². The van der Waals surface area contributed by atoms with Crippen LogP contribution >= 0.6 is 0 Å². The average molecular weight is 1110 g/mol. The van der Waals surface area contributed by atoms with Crippen molar-refractivity contribution in [2.45, 2.75) is 329 Å². The first-order valence-corrected chi connectivity index (χ1v) is 34.1. The van der Waals surface area contributed by atoms with Crippen molar-refractivity contribution in [3.05, 3.63) is 0 Å². The summed E-state index contributed by atoms with van der Waals surface area (Å²) in [4.78, 5) is 55.8. The van der Waals surface area contributed by atoms with Gasteiger partial charge in [-0.2, -0.15) is 0 Å². The Balaban J connectivity index is 5.17. The van der Waals surface area contributed by atoms with E-state index in [0.717, 1.165) is 96.8 Å². The van der Waals surface area contributed by atoms with Gasteiger partial charge < -0.3 is 34.1 Å². The standard InChI is InChI=1S/C67H131N3O8/c1-5-9-13-17-21-25-29-33-37-44-60-75-64(71)48-42-41-43-54-69(55-50-66(73)77-62-46-39-35-31-27-23-19-15-11-7-3)58-59-70(56-51-67(74)78-63-47-40-36-32-28-24-20-16-12-8-4)57-53-68-52-49-65(72)76-61-45-38-34-30-26-22-18-14-10-6-2/h68H,5-63H2,1-4H3. The predicted octanol–water partition coefficient (Wildman–Crippen LogP) is 17.8. The van der Waals surface area contributed by atoms with Gasteiger partial charge in [-0.25, -0.2) is 0 Å². The van der Waals surface area contributed by atoms with Gasteiger partial charge in [0, 0.05) is 52.2 Å². The maximum Gasteiger partial charge on any atom is 0.307 e. The molecule has 0 aromatic heterocycles. The Morgan fingerprint density at radius 3 is 0.821 bits per heavy atom. The fourth-order valence-corrected chi connectivity index (χ4v) is 10.2.